The van der Waals surface area contributed by atoms with Gasteiger partial charge in [0.1, 0.15) is 23.1 Å². The summed E-state index contributed by atoms with van der Waals surface area (Å²) in [7, 11) is 1.63. The molecule has 0 aliphatic heterocycles. The Morgan fingerprint density at radius 1 is 1.17 bits per heavy atom. The quantitative estimate of drug-likeness (QED) is 0.723. The largest absolute Gasteiger partial charge is 0.497 e. The van der Waals surface area contributed by atoms with Crippen LogP contribution in [0.2, 0.25) is 0 Å². The van der Waals surface area contributed by atoms with Crippen LogP contribution in [-0.4, -0.2) is 33.1 Å². The zero-order chi connectivity index (χ0) is 16.8. The molecule has 2 aromatic heterocycles. The number of aromatic amines is 1. The van der Waals surface area contributed by atoms with E-state index in [4.69, 9.17) is 4.74 Å². The van der Waals surface area contributed by atoms with E-state index in [9.17, 15) is 4.79 Å². The van der Waals surface area contributed by atoms with E-state index in [0.29, 0.717) is 30.2 Å². The first-order valence-electron chi connectivity index (χ1n) is 7.72. The van der Waals surface area contributed by atoms with Gasteiger partial charge in [0, 0.05) is 12.6 Å². The minimum atomic E-state index is 0.120. The summed E-state index contributed by atoms with van der Waals surface area (Å²) in [5.74, 6) is 2.01. The number of Topliss-reactive ketones (excluding diaryl/α,β-unsaturated/α-hetero) is 1. The summed E-state index contributed by atoms with van der Waals surface area (Å²) in [6.45, 7) is 0. The van der Waals surface area contributed by atoms with Crippen LogP contribution in [0.25, 0.3) is 11.5 Å². The van der Waals surface area contributed by atoms with Crippen molar-refractivity contribution in [1.82, 2.24) is 20.2 Å². The van der Waals surface area contributed by atoms with Crippen LogP contribution in [0.5, 0.6) is 5.75 Å². The summed E-state index contributed by atoms with van der Waals surface area (Å²) in [6, 6.07) is 13.3. The monoisotopic (exact) mass is 322 g/mol. The molecule has 3 rings (SSSR count). The second kappa shape index (κ2) is 7.50. The van der Waals surface area contributed by atoms with Crippen LogP contribution in [0.4, 0.5) is 0 Å². The minimum Gasteiger partial charge on any atom is -0.497 e. The number of nitrogens with one attached hydrogen (secondary N) is 1. The molecule has 3 aromatic rings. The van der Waals surface area contributed by atoms with E-state index in [-0.39, 0.29) is 12.2 Å². The number of methoxy groups -OCH3 is 1. The summed E-state index contributed by atoms with van der Waals surface area (Å²) in [4.78, 5) is 20.6. The number of carbonyl (C=O) groups excluding carboxylic acids is 1. The molecule has 6 nitrogen and oxygen atoms in total. The lowest BCUT2D eigenvalue weighted by Gasteiger charge is -2.02. The SMILES string of the molecule is COc1ccc(CCC(=O)Cc2nc(-c3ccccn3)n[nH]2)cc1. The number of pyridine rings is 1. The average Bonchev–Trinajstić information content (AvgIpc) is 3.09. The van der Waals surface area contributed by atoms with Crippen molar-refractivity contribution in [3.8, 4) is 17.3 Å². The fraction of sp³-hybridized carbons (Fsp3) is 0.222. The number of ketones is 1. The fourth-order valence-electron chi connectivity index (χ4n) is 2.34. The predicted molar refractivity (Wildman–Crippen MR) is 89.6 cm³/mol. The van der Waals surface area contributed by atoms with Crippen molar-refractivity contribution in [2.75, 3.05) is 7.11 Å². The first-order chi connectivity index (χ1) is 11.7. The lowest BCUT2D eigenvalue weighted by atomic mass is 10.1. The van der Waals surface area contributed by atoms with Crippen molar-refractivity contribution >= 4 is 5.78 Å². The summed E-state index contributed by atoms with van der Waals surface area (Å²) < 4.78 is 5.12. The second-order valence-corrected chi connectivity index (χ2v) is 5.38. The molecule has 0 aliphatic carbocycles. The Hall–Kier alpha value is -3.02. The number of ether oxygens (including phenoxy) is 1. The van der Waals surface area contributed by atoms with E-state index in [1.807, 2.05) is 42.5 Å². The number of hydrogen-bond donors (Lipinski definition) is 1. The number of hydrogen-bond acceptors (Lipinski definition) is 5. The van der Waals surface area contributed by atoms with E-state index >= 15 is 0 Å². The fourth-order valence-corrected chi connectivity index (χ4v) is 2.34. The lowest BCUT2D eigenvalue weighted by molar-refractivity contribution is -0.118. The Morgan fingerprint density at radius 3 is 2.71 bits per heavy atom. The molecular formula is C18H18N4O2. The van der Waals surface area contributed by atoms with Crippen molar-refractivity contribution in [2.24, 2.45) is 0 Å². The summed E-state index contributed by atoms with van der Waals surface area (Å²) in [5, 5.41) is 6.92. The van der Waals surface area contributed by atoms with Crippen molar-refractivity contribution in [2.45, 2.75) is 19.3 Å². The van der Waals surface area contributed by atoms with Crippen LogP contribution in [-0.2, 0) is 17.6 Å². The van der Waals surface area contributed by atoms with Gasteiger partial charge in [0.25, 0.3) is 0 Å². The van der Waals surface area contributed by atoms with E-state index < -0.39 is 0 Å². The number of H-pyrrole nitrogens is 1. The molecule has 1 aromatic carbocycles. The maximum Gasteiger partial charge on any atom is 0.199 e. The Balaban J connectivity index is 1.54. The van der Waals surface area contributed by atoms with Gasteiger partial charge in [-0.2, -0.15) is 5.10 Å². The third-order valence-corrected chi connectivity index (χ3v) is 3.64. The van der Waals surface area contributed by atoms with Gasteiger partial charge in [0.15, 0.2) is 5.82 Å². The maximum absolute atomic E-state index is 12.1. The number of aryl methyl sites for hydroxylation is 1. The zero-order valence-electron chi connectivity index (χ0n) is 13.4. The Labute approximate surface area is 139 Å². The summed E-state index contributed by atoms with van der Waals surface area (Å²) in [5.41, 5.74) is 1.79. The maximum atomic E-state index is 12.1. The van der Waals surface area contributed by atoms with Gasteiger partial charge in [-0.1, -0.05) is 18.2 Å². The third-order valence-electron chi connectivity index (χ3n) is 3.64. The first-order valence-corrected chi connectivity index (χ1v) is 7.72. The van der Waals surface area contributed by atoms with Crippen LogP contribution in [0.15, 0.2) is 48.7 Å². The van der Waals surface area contributed by atoms with Crippen molar-refractivity contribution < 1.29 is 9.53 Å². The topological polar surface area (TPSA) is 80.8 Å². The average molecular weight is 322 g/mol. The third kappa shape index (κ3) is 4.04. The first kappa shape index (κ1) is 15.9. The number of rotatable bonds is 7. The molecule has 24 heavy (non-hydrogen) atoms. The number of benzene rings is 1. The number of aromatic nitrogens is 4. The number of nitrogens with zero attached hydrogens (tertiary/aromatic N) is 3. The highest BCUT2D eigenvalue weighted by Crippen LogP contribution is 2.14. The van der Waals surface area contributed by atoms with Crippen LogP contribution in [0.1, 0.15) is 17.8 Å². The Kier molecular flexibility index (Phi) is 4.96. The standard InChI is InChI=1S/C18H18N4O2/c1-24-15-9-6-13(7-10-15)5-8-14(23)12-17-20-18(22-21-17)16-4-2-3-11-19-16/h2-4,6-7,9-11H,5,8,12H2,1H3,(H,20,21,22). The van der Waals surface area contributed by atoms with Gasteiger partial charge in [0.2, 0.25) is 0 Å². The molecule has 2 heterocycles. The van der Waals surface area contributed by atoms with Crippen LogP contribution < -0.4 is 4.74 Å². The molecule has 0 saturated heterocycles. The van der Waals surface area contributed by atoms with Gasteiger partial charge >= 0.3 is 0 Å². The molecule has 0 spiro atoms. The highest BCUT2D eigenvalue weighted by Gasteiger charge is 2.10. The molecule has 0 amide bonds. The molecule has 0 unspecified atom stereocenters. The Morgan fingerprint density at radius 2 is 2.00 bits per heavy atom. The molecule has 0 radical (unpaired) electrons. The normalized spacial score (nSPS) is 10.5. The van der Waals surface area contributed by atoms with Gasteiger partial charge in [-0.25, -0.2) is 4.98 Å². The molecule has 0 saturated carbocycles. The van der Waals surface area contributed by atoms with Crippen LogP contribution >= 0.6 is 0 Å². The van der Waals surface area contributed by atoms with Crippen molar-refractivity contribution in [1.29, 1.82) is 0 Å². The van der Waals surface area contributed by atoms with Gasteiger partial charge < -0.3 is 4.74 Å². The van der Waals surface area contributed by atoms with Gasteiger partial charge in [0.05, 0.1) is 13.5 Å². The van der Waals surface area contributed by atoms with Gasteiger partial charge in [-0.3, -0.25) is 14.9 Å². The lowest BCUT2D eigenvalue weighted by Crippen LogP contribution is -2.05. The van der Waals surface area contributed by atoms with Gasteiger partial charge in [-0.15, -0.1) is 0 Å². The number of carbonyl (C=O) groups is 1. The molecule has 6 heteroatoms. The minimum absolute atomic E-state index is 0.120. The molecule has 122 valence electrons. The molecular weight excluding hydrogens is 304 g/mol. The van der Waals surface area contributed by atoms with Crippen molar-refractivity contribution in [3.05, 3.63) is 60.0 Å². The van der Waals surface area contributed by atoms with E-state index in [0.717, 1.165) is 11.3 Å². The molecule has 1 N–H and O–H groups in total. The summed E-state index contributed by atoms with van der Waals surface area (Å²) >= 11 is 0. The Bertz CT molecular complexity index is 797. The van der Waals surface area contributed by atoms with Crippen LogP contribution in [0, 0.1) is 0 Å². The second-order valence-electron chi connectivity index (χ2n) is 5.38. The molecule has 0 bridgehead atoms. The highest BCUT2D eigenvalue weighted by atomic mass is 16.5. The molecule has 0 fully saturated rings. The highest BCUT2D eigenvalue weighted by molar-refractivity contribution is 5.80. The van der Waals surface area contributed by atoms with E-state index in [2.05, 4.69) is 20.2 Å². The zero-order valence-corrected chi connectivity index (χ0v) is 13.4. The van der Waals surface area contributed by atoms with E-state index in [1.165, 1.54) is 0 Å². The van der Waals surface area contributed by atoms with Crippen LogP contribution in [0.3, 0.4) is 0 Å². The smallest absolute Gasteiger partial charge is 0.199 e. The van der Waals surface area contributed by atoms with Crippen molar-refractivity contribution in [3.63, 3.8) is 0 Å². The molecule has 0 aliphatic rings. The van der Waals surface area contributed by atoms with E-state index in [1.54, 1.807) is 13.3 Å². The molecule has 0 atom stereocenters. The summed E-state index contributed by atoms with van der Waals surface area (Å²) in [6.07, 6.45) is 3.09. The van der Waals surface area contributed by atoms with Gasteiger partial charge in [-0.05, 0) is 36.2 Å². The predicted octanol–water partition coefficient (Wildman–Crippen LogP) is 2.62.